The van der Waals surface area contributed by atoms with E-state index in [0.717, 1.165) is 22.2 Å². The van der Waals surface area contributed by atoms with Gasteiger partial charge in [-0.25, -0.2) is 9.79 Å². The monoisotopic (exact) mass is 712 g/mol. The van der Waals surface area contributed by atoms with Gasteiger partial charge in [0.25, 0.3) is 6.02 Å². The maximum absolute atomic E-state index is 14.6. The lowest BCUT2D eigenvalue weighted by atomic mass is 9.78. The minimum Gasteiger partial charge on any atom is -0.445 e. The fourth-order valence-electron chi connectivity index (χ4n) is 6.03. The molecule has 0 saturated heterocycles. The van der Waals surface area contributed by atoms with Crippen LogP contribution < -0.4 is 21.7 Å². The molecule has 13 heteroatoms. The van der Waals surface area contributed by atoms with E-state index in [1.165, 1.54) is 7.05 Å². The van der Waals surface area contributed by atoms with Crippen LogP contribution >= 0.6 is 23.2 Å². The van der Waals surface area contributed by atoms with Gasteiger partial charge in [-0.15, -0.1) is 0 Å². The zero-order valence-electron chi connectivity index (χ0n) is 28.6. The lowest BCUT2D eigenvalue weighted by Gasteiger charge is -2.40. The molecule has 0 spiro atoms. The summed E-state index contributed by atoms with van der Waals surface area (Å²) in [7, 11) is 1.49. The zero-order chi connectivity index (χ0) is 35.9. The Balaban J connectivity index is 1.69. The Morgan fingerprint density at radius 3 is 2.39 bits per heavy atom. The SMILES string of the molecule is C=C(OC(N)=NC)[C@@H](NC(=O)C1(NC(=O)[C@@H](NC(=O)OCc2ccccc2)C(C)CC)CCc2[nH]c3c(Cl)cc(Cl)cc3c2C1)C(C)CC. The summed E-state index contributed by atoms with van der Waals surface area (Å²) in [6.07, 6.45) is 1.32. The quantitative estimate of drug-likeness (QED) is 0.0810. The lowest BCUT2D eigenvalue weighted by Crippen LogP contribution is -2.66. The molecule has 5 atom stereocenters. The first-order valence-corrected chi connectivity index (χ1v) is 17.3. The van der Waals surface area contributed by atoms with Gasteiger partial charge in [0.2, 0.25) is 11.8 Å². The lowest BCUT2D eigenvalue weighted by molar-refractivity contribution is -0.136. The Morgan fingerprint density at radius 2 is 1.73 bits per heavy atom. The van der Waals surface area contributed by atoms with Crippen molar-refractivity contribution in [2.75, 3.05) is 7.05 Å². The number of fused-ring (bicyclic) bond motifs is 3. The first kappa shape index (κ1) is 37.6. The smallest absolute Gasteiger partial charge is 0.408 e. The molecule has 264 valence electrons. The second-order valence-corrected chi connectivity index (χ2v) is 13.5. The van der Waals surface area contributed by atoms with Crippen molar-refractivity contribution >= 4 is 58.0 Å². The van der Waals surface area contributed by atoms with Crippen LogP contribution in [0.25, 0.3) is 10.9 Å². The summed E-state index contributed by atoms with van der Waals surface area (Å²) in [4.78, 5) is 49.1. The molecule has 0 aliphatic heterocycles. The summed E-state index contributed by atoms with van der Waals surface area (Å²) in [6.45, 7) is 11.8. The Kier molecular flexibility index (Phi) is 12.6. The first-order valence-electron chi connectivity index (χ1n) is 16.5. The van der Waals surface area contributed by atoms with Gasteiger partial charge in [-0.05, 0) is 47.9 Å². The summed E-state index contributed by atoms with van der Waals surface area (Å²) in [5, 5.41) is 10.6. The molecule has 1 aliphatic carbocycles. The van der Waals surface area contributed by atoms with Gasteiger partial charge in [-0.1, -0.05) is 101 Å². The number of amidine groups is 1. The van der Waals surface area contributed by atoms with Gasteiger partial charge >= 0.3 is 6.09 Å². The number of carbonyl (C=O) groups excluding carboxylic acids is 3. The largest absolute Gasteiger partial charge is 0.445 e. The zero-order valence-corrected chi connectivity index (χ0v) is 30.1. The van der Waals surface area contributed by atoms with Crippen LogP contribution in [0.5, 0.6) is 0 Å². The maximum Gasteiger partial charge on any atom is 0.408 e. The van der Waals surface area contributed by atoms with E-state index in [9.17, 15) is 14.4 Å². The second-order valence-electron chi connectivity index (χ2n) is 12.7. The molecule has 4 rings (SSSR count). The van der Waals surface area contributed by atoms with Crippen molar-refractivity contribution < 1.29 is 23.9 Å². The molecule has 3 aromatic rings. The summed E-state index contributed by atoms with van der Waals surface area (Å²) >= 11 is 13.0. The third-order valence-corrected chi connectivity index (χ3v) is 9.90. The van der Waals surface area contributed by atoms with Crippen LogP contribution in [0.15, 0.2) is 59.8 Å². The average molecular weight is 714 g/mol. The topological polar surface area (TPSA) is 160 Å². The standard InChI is InChI=1S/C36H46Cl2N6O5/c1-7-20(3)29(22(5)49-34(39)40-6)42-33(46)36(15-14-28-26(18-36)25-16-24(37)17-27(38)31(25)41-28)44-32(45)30(21(4)8-2)43-35(47)48-19-23-12-10-9-11-13-23/h9-13,16-17,20-21,29-30,41H,5,7-8,14-15,18-19H2,1-4,6H3,(H2,39,40)(H,42,46)(H,43,47)(H,44,45)/t20?,21?,29-,30-,36?/m0/s1. The number of hydrogen-bond donors (Lipinski definition) is 5. The van der Waals surface area contributed by atoms with E-state index in [1.54, 1.807) is 12.1 Å². The van der Waals surface area contributed by atoms with Crippen LogP contribution in [0.3, 0.4) is 0 Å². The van der Waals surface area contributed by atoms with Crippen molar-refractivity contribution in [3.05, 3.63) is 81.7 Å². The van der Waals surface area contributed by atoms with E-state index in [0.29, 0.717) is 34.8 Å². The number of amides is 3. The van der Waals surface area contributed by atoms with E-state index in [1.807, 2.05) is 58.0 Å². The molecule has 6 N–H and O–H groups in total. The molecule has 0 fully saturated rings. The normalized spacial score (nSPS) is 18.4. The number of H-pyrrole nitrogens is 1. The molecule has 0 bridgehead atoms. The Morgan fingerprint density at radius 1 is 1.06 bits per heavy atom. The number of nitrogens with zero attached hydrogens (tertiary/aromatic N) is 1. The van der Waals surface area contributed by atoms with Crippen LogP contribution in [-0.4, -0.2) is 53.6 Å². The highest BCUT2D eigenvalue weighted by molar-refractivity contribution is 6.38. The molecule has 3 amide bonds. The fraction of sp³-hybridized carbons (Fsp3) is 0.444. The first-order chi connectivity index (χ1) is 23.3. The molecule has 2 aromatic carbocycles. The molecule has 1 aromatic heterocycles. The van der Waals surface area contributed by atoms with Gasteiger partial charge in [-0.2, -0.15) is 0 Å². The van der Waals surface area contributed by atoms with Crippen LogP contribution in [0, 0.1) is 11.8 Å². The highest BCUT2D eigenvalue weighted by atomic mass is 35.5. The van der Waals surface area contributed by atoms with Crippen molar-refractivity contribution in [1.82, 2.24) is 20.9 Å². The predicted molar refractivity (Wildman–Crippen MR) is 193 cm³/mol. The van der Waals surface area contributed by atoms with Crippen LogP contribution in [0.4, 0.5) is 4.79 Å². The van der Waals surface area contributed by atoms with Gasteiger partial charge in [0, 0.05) is 29.6 Å². The van der Waals surface area contributed by atoms with Crippen LogP contribution in [0.2, 0.25) is 10.0 Å². The van der Waals surface area contributed by atoms with E-state index in [4.69, 9.17) is 38.4 Å². The molecule has 0 radical (unpaired) electrons. The van der Waals surface area contributed by atoms with Crippen LogP contribution in [-0.2, 0) is 38.5 Å². The van der Waals surface area contributed by atoms with E-state index in [2.05, 4.69) is 32.5 Å². The third-order valence-electron chi connectivity index (χ3n) is 9.38. The number of halogens is 2. The minimum atomic E-state index is -1.44. The molecule has 1 heterocycles. The molecule has 3 unspecified atom stereocenters. The average Bonchev–Trinajstić information content (AvgIpc) is 3.45. The number of aromatic amines is 1. The highest BCUT2D eigenvalue weighted by Crippen LogP contribution is 2.38. The molecular formula is C36H46Cl2N6O5. The summed E-state index contributed by atoms with van der Waals surface area (Å²) < 4.78 is 11.1. The van der Waals surface area contributed by atoms with Crippen molar-refractivity contribution in [2.45, 2.75) is 84.0 Å². The molecular weight excluding hydrogens is 667 g/mol. The number of benzene rings is 2. The Labute approximate surface area is 297 Å². The van der Waals surface area contributed by atoms with E-state index in [-0.39, 0.29) is 43.1 Å². The van der Waals surface area contributed by atoms with Gasteiger partial charge < -0.3 is 36.1 Å². The summed E-state index contributed by atoms with van der Waals surface area (Å²) in [5.41, 5.74) is 7.62. The maximum atomic E-state index is 14.6. The van der Waals surface area contributed by atoms with Crippen molar-refractivity contribution in [3.8, 4) is 0 Å². The number of ether oxygens (including phenoxy) is 2. The van der Waals surface area contributed by atoms with Gasteiger partial charge in [0.15, 0.2) is 0 Å². The van der Waals surface area contributed by atoms with Gasteiger partial charge in [0.05, 0.1) is 16.6 Å². The number of carbonyl (C=O) groups is 3. The van der Waals surface area contributed by atoms with Crippen molar-refractivity contribution in [2.24, 2.45) is 22.6 Å². The van der Waals surface area contributed by atoms with Gasteiger partial charge in [-0.3, -0.25) is 9.59 Å². The number of nitrogens with one attached hydrogen (secondary N) is 4. The number of aromatic nitrogens is 1. The van der Waals surface area contributed by atoms with E-state index < -0.39 is 35.5 Å². The number of hydrogen-bond acceptors (Lipinski definition) is 6. The van der Waals surface area contributed by atoms with Gasteiger partial charge in [0.1, 0.15) is 23.9 Å². The Hall–Kier alpha value is -4.22. The number of aliphatic imine (C=N–C) groups is 1. The molecule has 1 aliphatic rings. The predicted octanol–water partition coefficient (Wildman–Crippen LogP) is 6.17. The molecule has 49 heavy (non-hydrogen) atoms. The third kappa shape index (κ3) is 8.88. The molecule has 0 saturated carbocycles. The summed E-state index contributed by atoms with van der Waals surface area (Å²) in [5.74, 6) is -1.13. The van der Waals surface area contributed by atoms with E-state index >= 15 is 0 Å². The van der Waals surface area contributed by atoms with Crippen LogP contribution in [0.1, 0.15) is 63.8 Å². The number of alkyl carbamates (subject to hydrolysis) is 1. The fourth-order valence-corrected chi connectivity index (χ4v) is 6.58. The second kappa shape index (κ2) is 16.5. The number of aryl methyl sites for hydroxylation is 1. The number of nitrogens with two attached hydrogens (primary N) is 1. The van der Waals surface area contributed by atoms with Crippen molar-refractivity contribution in [1.29, 1.82) is 0 Å². The Bertz CT molecular complexity index is 1710. The number of rotatable bonds is 13. The van der Waals surface area contributed by atoms with Crippen molar-refractivity contribution in [3.63, 3.8) is 0 Å². The molecule has 11 nitrogen and oxygen atoms in total. The minimum absolute atomic E-state index is 0.0402. The summed E-state index contributed by atoms with van der Waals surface area (Å²) in [6, 6.07) is 11.0. The highest BCUT2D eigenvalue weighted by Gasteiger charge is 2.46.